The molecule has 6 heteroatoms. The molecule has 0 bridgehead atoms. The predicted octanol–water partition coefficient (Wildman–Crippen LogP) is 3.27. The minimum atomic E-state index is -2.84. The molecule has 1 aromatic carbocycles. The van der Waals surface area contributed by atoms with Crippen molar-refractivity contribution in [1.29, 1.82) is 0 Å². The van der Waals surface area contributed by atoms with Gasteiger partial charge < -0.3 is 10.5 Å². The highest BCUT2D eigenvalue weighted by Gasteiger charge is 2.71. The maximum Gasteiger partial charge on any atom is 0.412 e. The smallest absolute Gasteiger partial charge is 0.412 e. The van der Waals surface area contributed by atoms with Gasteiger partial charge in [0.1, 0.15) is 5.60 Å². The zero-order valence-corrected chi connectivity index (χ0v) is 12.4. The molecular formula is C15H20F2N2O2. The number of rotatable bonds is 3. The SMILES string of the molecule is CC(C)(C)OC(=O)Nc1ccccc1C1(CN)CC1(F)F. The molecule has 1 fully saturated rings. The molecule has 2 rings (SSSR count). The molecule has 0 radical (unpaired) electrons. The number of alkyl halides is 2. The number of para-hydroxylation sites is 1. The first-order valence-corrected chi connectivity index (χ1v) is 6.79. The molecule has 0 saturated heterocycles. The second-order valence-corrected chi connectivity index (χ2v) is 6.34. The van der Waals surface area contributed by atoms with Gasteiger partial charge in [0.2, 0.25) is 0 Å². The maximum atomic E-state index is 13.7. The fourth-order valence-electron chi connectivity index (χ4n) is 2.38. The van der Waals surface area contributed by atoms with Gasteiger partial charge in [-0.1, -0.05) is 18.2 Å². The Balaban J connectivity index is 2.25. The van der Waals surface area contributed by atoms with E-state index in [4.69, 9.17) is 10.5 Å². The van der Waals surface area contributed by atoms with Crippen LogP contribution < -0.4 is 11.1 Å². The summed E-state index contributed by atoms with van der Waals surface area (Å²) in [6.07, 6.45) is -0.977. The predicted molar refractivity (Wildman–Crippen MR) is 76.6 cm³/mol. The molecule has 21 heavy (non-hydrogen) atoms. The molecule has 0 aliphatic heterocycles. The van der Waals surface area contributed by atoms with E-state index in [0.29, 0.717) is 11.3 Å². The minimum Gasteiger partial charge on any atom is -0.444 e. The number of benzene rings is 1. The van der Waals surface area contributed by atoms with Gasteiger partial charge in [0.15, 0.2) is 0 Å². The zero-order chi connectivity index (χ0) is 15.9. The summed E-state index contributed by atoms with van der Waals surface area (Å²) in [6, 6.07) is 6.47. The van der Waals surface area contributed by atoms with Crippen LogP contribution in [0.3, 0.4) is 0 Å². The van der Waals surface area contributed by atoms with Gasteiger partial charge >= 0.3 is 6.09 Å². The molecule has 116 valence electrons. The van der Waals surface area contributed by atoms with Gasteiger partial charge in [-0.15, -0.1) is 0 Å². The van der Waals surface area contributed by atoms with Crippen molar-refractivity contribution < 1.29 is 18.3 Å². The van der Waals surface area contributed by atoms with E-state index >= 15 is 0 Å². The summed E-state index contributed by atoms with van der Waals surface area (Å²) >= 11 is 0. The molecule has 1 aromatic rings. The third-order valence-corrected chi connectivity index (χ3v) is 3.53. The van der Waals surface area contributed by atoms with Gasteiger partial charge in [-0.2, -0.15) is 0 Å². The molecule has 1 aliphatic carbocycles. The van der Waals surface area contributed by atoms with Gasteiger partial charge in [0.25, 0.3) is 5.92 Å². The summed E-state index contributed by atoms with van der Waals surface area (Å²) in [5, 5.41) is 2.54. The molecule has 0 heterocycles. The fourth-order valence-corrected chi connectivity index (χ4v) is 2.38. The van der Waals surface area contributed by atoms with Crippen LogP contribution in [0.5, 0.6) is 0 Å². The second kappa shape index (κ2) is 4.94. The largest absolute Gasteiger partial charge is 0.444 e. The lowest BCUT2D eigenvalue weighted by Crippen LogP contribution is -2.30. The van der Waals surface area contributed by atoms with Gasteiger partial charge in [-0.3, -0.25) is 5.32 Å². The van der Waals surface area contributed by atoms with Crippen molar-refractivity contribution in [3.8, 4) is 0 Å². The Morgan fingerprint density at radius 1 is 1.38 bits per heavy atom. The van der Waals surface area contributed by atoms with Crippen molar-refractivity contribution in [2.75, 3.05) is 11.9 Å². The average molecular weight is 298 g/mol. The van der Waals surface area contributed by atoms with Crippen LogP contribution in [-0.4, -0.2) is 24.2 Å². The Bertz CT molecular complexity index is 555. The van der Waals surface area contributed by atoms with Crippen LogP contribution in [0.2, 0.25) is 0 Å². The van der Waals surface area contributed by atoms with Gasteiger partial charge in [0, 0.05) is 18.7 Å². The summed E-state index contributed by atoms with van der Waals surface area (Å²) < 4.78 is 32.6. The van der Waals surface area contributed by atoms with E-state index in [1.807, 2.05) is 0 Å². The average Bonchev–Trinajstić information content (AvgIpc) is 2.91. The summed E-state index contributed by atoms with van der Waals surface area (Å²) in [4.78, 5) is 11.8. The van der Waals surface area contributed by atoms with Crippen molar-refractivity contribution in [2.24, 2.45) is 5.73 Å². The molecule has 4 nitrogen and oxygen atoms in total. The van der Waals surface area contributed by atoms with E-state index in [2.05, 4.69) is 5.32 Å². The second-order valence-electron chi connectivity index (χ2n) is 6.34. The lowest BCUT2D eigenvalue weighted by molar-refractivity contribution is 0.0634. The third-order valence-electron chi connectivity index (χ3n) is 3.53. The molecule has 1 atom stereocenters. The van der Waals surface area contributed by atoms with Crippen LogP contribution in [0, 0.1) is 0 Å². The molecule has 1 unspecified atom stereocenters. The molecule has 1 aliphatic rings. The monoisotopic (exact) mass is 298 g/mol. The van der Waals surface area contributed by atoms with E-state index in [0.717, 1.165) is 0 Å². The van der Waals surface area contributed by atoms with Crippen molar-refractivity contribution in [2.45, 2.75) is 44.1 Å². The van der Waals surface area contributed by atoms with Crippen molar-refractivity contribution in [3.63, 3.8) is 0 Å². The first-order chi connectivity index (χ1) is 9.61. The normalized spacial score (nSPS) is 23.5. The van der Waals surface area contributed by atoms with Crippen LogP contribution >= 0.6 is 0 Å². The van der Waals surface area contributed by atoms with E-state index < -0.39 is 23.0 Å². The first kappa shape index (κ1) is 15.7. The standard InChI is InChI=1S/C15H20F2N2O2/c1-13(2,3)21-12(20)19-11-7-5-4-6-10(11)14(9-18)8-15(14,16)17/h4-7H,8-9,18H2,1-3H3,(H,19,20). The van der Waals surface area contributed by atoms with Crippen LogP contribution in [0.25, 0.3) is 0 Å². The topological polar surface area (TPSA) is 64.3 Å². The number of amides is 1. The van der Waals surface area contributed by atoms with E-state index in [1.165, 1.54) is 0 Å². The van der Waals surface area contributed by atoms with Crippen LogP contribution in [0.1, 0.15) is 32.8 Å². The molecule has 1 amide bonds. The molecule has 1 saturated carbocycles. The van der Waals surface area contributed by atoms with Gasteiger partial charge in [-0.25, -0.2) is 13.6 Å². The summed E-state index contributed by atoms with van der Waals surface area (Å²) in [7, 11) is 0. The highest BCUT2D eigenvalue weighted by molar-refractivity contribution is 5.86. The number of carbonyl (C=O) groups is 1. The number of halogens is 2. The summed E-state index contributed by atoms with van der Waals surface area (Å²) in [6.45, 7) is 5.02. The molecule has 0 aromatic heterocycles. The number of carbonyl (C=O) groups excluding carboxylic acids is 1. The van der Waals surface area contributed by atoms with Crippen molar-refractivity contribution in [1.82, 2.24) is 0 Å². The Kier molecular flexibility index (Phi) is 3.70. The Hall–Kier alpha value is -1.69. The molecule has 0 spiro atoms. The number of hydrogen-bond acceptors (Lipinski definition) is 3. The molecular weight excluding hydrogens is 278 g/mol. The minimum absolute atomic E-state index is 0.174. The Morgan fingerprint density at radius 2 is 1.95 bits per heavy atom. The van der Waals surface area contributed by atoms with Crippen LogP contribution in [0.4, 0.5) is 19.3 Å². The van der Waals surface area contributed by atoms with E-state index in [1.54, 1.807) is 45.0 Å². The highest BCUT2D eigenvalue weighted by Crippen LogP contribution is 2.62. The number of nitrogens with two attached hydrogens (primary N) is 1. The van der Waals surface area contributed by atoms with Crippen molar-refractivity contribution >= 4 is 11.8 Å². The van der Waals surface area contributed by atoms with E-state index in [9.17, 15) is 13.6 Å². The number of hydrogen-bond donors (Lipinski definition) is 2. The number of ether oxygens (including phenoxy) is 1. The van der Waals surface area contributed by atoms with Gasteiger partial charge in [-0.05, 0) is 32.4 Å². The fraction of sp³-hybridized carbons (Fsp3) is 0.533. The first-order valence-electron chi connectivity index (χ1n) is 6.79. The summed E-state index contributed by atoms with van der Waals surface area (Å²) in [5.41, 5.74) is 4.17. The lowest BCUT2D eigenvalue weighted by atomic mass is 9.93. The lowest BCUT2D eigenvalue weighted by Gasteiger charge is -2.22. The third kappa shape index (κ3) is 3.00. The summed E-state index contributed by atoms with van der Waals surface area (Å²) in [5.74, 6) is -2.84. The van der Waals surface area contributed by atoms with Crippen molar-refractivity contribution in [3.05, 3.63) is 29.8 Å². The highest BCUT2D eigenvalue weighted by atomic mass is 19.3. The Morgan fingerprint density at radius 3 is 2.43 bits per heavy atom. The maximum absolute atomic E-state index is 13.7. The number of nitrogens with one attached hydrogen (secondary N) is 1. The number of anilines is 1. The van der Waals surface area contributed by atoms with Crippen LogP contribution in [-0.2, 0) is 10.2 Å². The molecule has 3 N–H and O–H groups in total. The quantitative estimate of drug-likeness (QED) is 0.900. The van der Waals surface area contributed by atoms with Gasteiger partial charge in [0.05, 0.1) is 5.41 Å². The van der Waals surface area contributed by atoms with E-state index in [-0.39, 0.29) is 13.0 Å². The zero-order valence-electron chi connectivity index (χ0n) is 12.4. The van der Waals surface area contributed by atoms with Crippen LogP contribution in [0.15, 0.2) is 24.3 Å². The Labute approximate surface area is 122 Å².